The van der Waals surface area contributed by atoms with Gasteiger partial charge in [0, 0.05) is 24.8 Å². The molecule has 11 heavy (non-hydrogen) atoms. The van der Waals surface area contributed by atoms with Crippen LogP contribution in [-0.2, 0) is 13.1 Å². The molecular weight excluding hydrogens is 138 g/mol. The fraction of sp³-hybridized carbons (Fsp3) is 0.625. The maximum atomic E-state index is 5.44. The van der Waals surface area contributed by atoms with Gasteiger partial charge in [0.1, 0.15) is 0 Å². The Balaban J connectivity index is 2.58. The van der Waals surface area contributed by atoms with Crippen LogP contribution in [0.2, 0.25) is 0 Å². The van der Waals surface area contributed by atoms with Crippen molar-refractivity contribution in [3.63, 3.8) is 0 Å². The summed E-state index contributed by atoms with van der Waals surface area (Å²) in [7, 11) is 0. The van der Waals surface area contributed by atoms with E-state index in [1.165, 1.54) is 0 Å². The van der Waals surface area contributed by atoms with Crippen LogP contribution < -0.4 is 5.73 Å². The zero-order valence-electron chi connectivity index (χ0n) is 7.12. The second-order valence-corrected chi connectivity index (χ2v) is 3.17. The van der Waals surface area contributed by atoms with E-state index >= 15 is 0 Å². The highest BCUT2D eigenvalue weighted by Crippen LogP contribution is 2.00. The van der Waals surface area contributed by atoms with E-state index in [4.69, 9.17) is 5.73 Å². The molecule has 0 aliphatic rings. The molecule has 0 unspecified atom stereocenters. The molecule has 3 nitrogen and oxygen atoms in total. The van der Waals surface area contributed by atoms with Gasteiger partial charge in [-0.25, -0.2) is 0 Å². The highest BCUT2D eigenvalue weighted by Gasteiger charge is 1.98. The Morgan fingerprint density at radius 2 is 2.36 bits per heavy atom. The van der Waals surface area contributed by atoms with Crippen molar-refractivity contribution in [2.45, 2.75) is 26.9 Å². The summed E-state index contributed by atoms with van der Waals surface area (Å²) in [6, 6.07) is 0. The Morgan fingerprint density at radius 3 is 2.82 bits per heavy atom. The van der Waals surface area contributed by atoms with Crippen molar-refractivity contribution in [3.05, 3.63) is 18.0 Å². The van der Waals surface area contributed by atoms with Gasteiger partial charge in [-0.1, -0.05) is 13.8 Å². The summed E-state index contributed by atoms with van der Waals surface area (Å²) in [5.41, 5.74) is 6.54. The fourth-order valence-electron chi connectivity index (χ4n) is 0.986. The minimum Gasteiger partial charge on any atom is -0.326 e. The smallest absolute Gasteiger partial charge is 0.0534 e. The van der Waals surface area contributed by atoms with Crippen molar-refractivity contribution in [1.82, 2.24) is 9.78 Å². The Kier molecular flexibility index (Phi) is 2.65. The maximum Gasteiger partial charge on any atom is 0.0534 e. The summed E-state index contributed by atoms with van der Waals surface area (Å²) in [5, 5.41) is 4.16. The molecule has 0 fully saturated rings. The summed E-state index contributed by atoms with van der Waals surface area (Å²) < 4.78 is 1.94. The maximum absolute atomic E-state index is 5.44. The van der Waals surface area contributed by atoms with E-state index in [2.05, 4.69) is 18.9 Å². The molecule has 0 bridgehead atoms. The molecule has 1 aromatic rings. The molecule has 3 heteroatoms. The molecule has 2 N–H and O–H groups in total. The van der Waals surface area contributed by atoms with Crippen molar-refractivity contribution in [2.75, 3.05) is 0 Å². The van der Waals surface area contributed by atoms with E-state index in [-0.39, 0.29) is 0 Å². The van der Waals surface area contributed by atoms with Gasteiger partial charge < -0.3 is 5.73 Å². The topological polar surface area (TPSA) is 43.8 Å². The van der Waals surface area contributed by atoms with Gasteiger partial charge >= 0.3 is 0 Å². The van der Waals surface area contributed by atoms with Crippen LogP contribution in [-0.4, -0.2) is 9.78 Å². The highest BCUT2D eigenvalue weighted by atomic mass is 15.3. The molecule has 0 saturated carbocycles. The number of aromatic nitrogens is 2. The lowest BCUT2D eigenvalue weighted by Crippen LogP contribution is -2.04. The minimum atomic E-state index is 0.581. The van der Waals surface area contributed by atoms with Crippen LogP contribution in [0.1, 0.15) is 19.4 Å². The van der Waals surface area contributed by atoms with Gasteiger partial charge in [0.2, 0.25) is 0 Å². The lowest BCUT2D eigenvalue weighted by molar-refractivity contribution is 0.483. The average Bonchev–Trinajstić information content (AvgIpc) is 2.34. The van der Waals surface area contributed by atoms with Crippen LogP contribution >= 0.6 is 0 Å². The molecule has 0 atom stereocenters. The third kappa shape index (κ3) is 2.35. The Labute approximate surface area is 67.2 Å². The normalized spacial score (nSPS) is 10.9. The van der Waals surface area contributed by atoms with E-state index in [0.29, 0.717) is 12.5 Å². The van der Waals surface area contributed by atoms with Crippen LogP contribution in [0, 0.1) is 5.92 Å². The first-order valence-electron chi connectivity index (χ1n) is 3.93. The summed E-state index contributed by atoms with van der Waals surface area (Å²) in [5.74, 6) is 0.639. The number of rotatable bonds is 3. The largest absolute Gasteiger partial charge is 0.326 e. The number of hydrogen-bond acceptors (Lipinski definition) is 2. The second-order valence-electron chi connectivity index (χ2n) is 3.17. The Bertz CT molecular complexity index is 215. The quantitative estimate of drug-likeness (QED) is 0.704. The van der Waals surface area contributed by atoms with E-state index in [1.54, 1.807) is 0 Å². The zero-order chi connectivity index (χ0) is 8.27. The zero-order valence-corrected chi connectivity index (χ0v) is 7.12. The predicted molar refractivity (Wildman–Crippen MR) is 45.0 cm³/mol. The molecule has 1 heterocycles. The molecule has 0 aromatic carbocycles. The van der Waals surface area contributed by atoms with Crippen LogP contribution in [0.3, 0.4) is 0 Å². The lowest BCUT2D eigenvalue weighted by atomic mass is 10.2. The SMILES string of the molecule is CC(C)Cn1cc(CN)cn1. The monoisotopic (exact) mass is 153 g/mol. The van der Waals surface area contributed by atoms with Crippen LogP contribution in [0.5, 0.6) is 0 Å². The molecule has 62 valence electrons. The molecule has 0 aliphatic carbocycles. The van der Waals surface area contributed by atoms with E-state index in [9.17, 15) is 0 Å². The molecule has 1 rings (SSSR count). The molecule has 0 saturated heterocycles. The van der Waals surface area contributed by atoms with Gasteiger partial charge in [0.15, 0.2) is 0 Å². The lowest BCUT2D eigenvalue weighted by Gasteiger charge is -2.02. The molecule has 0 aliphatic heterocycles. The van der Waals surface area contributed by atoms with Gasteiger partial charge in [0.25, 0.3) is 0 Å². The first-order valence-corrected chi connectivity index (χ1v) is 3.93. The minimum absolute atomic E-state index is 0.581. The van der Waals surface area contributed by atoms with Gasteiger partial charge in [-0.15, -0.1) is 0 Å². The molecule has 1 aromatic heterocycles. The van der Waals surface area contributed by atoms with Gasteiger partial charge in [0.05, 0.1) is 6.20 Å². The van der Waals surface area contributed by atoms with Crippen molar-refractivity contribution in [1.29, 1.82) is 0 Å². The number of nitrogens with zero attached hydrogens (tertiary/aromatic N) is 2. The predicted octanol–water partition coefficient (Wildman–Crippen LogP) is 0.998. The van der Waals surface area contributed by atoms with Crippen LogP contribution in [0.4, 0.5) is 0 Å². The summed E-state index contributed by atoms with van der Waals surface area (Å²) >= 11 is 0. The fourth-order valence-corrected chi connectivity index (χ4v) is 0.986. The first-order chi connectivity index (χ1) is 5.22. The van der Waals surface area contributed by atoms with Crippen molar-refractivity contribution >= 4 is 0 Å². The van der Waals surface area contributed by atoms with Crippen molar-refractivity contribution in [2.24, 2.45) is 11.7 Å². The summed E-state index contributed by atoms with van der Waals surface area (Å²) in [6.45, 7) is 5.89. The van der Waals surface area contributed by atoms with E-state index in [1.807, 2.05) is 17.1 Å². The third-order valence-electron chi connectivity index (χ3n) is 1.47. The van der Waals surface area contributed by atoms with Crippen LogP contribution in [0.25, 0.3) is 0 Å². The standard InChI is InChI=1S/C8H15N3/c1-7(2)5-11-6-8(3-9)4-10-11/h4,6-7H,3,5,9H2,1-2H3. The van der Waals surface area contributed by atoms with Crippen molar-refractivity contribution in [3.8, 4) is 0 Å². The molecule has 0 spiro atoms. The van der Waals surface area contributed by atoms with Gasteiger partial charge in [-0.2, -0.15) is 5.10 Å². The molecule has 0 radical (unpaired) electrons. The molecule has 0 amide bonds. The van der Waals surface area contributed by atoms with E-state index in [0.717, 1.165) is 12.1 Å². The van der Waals surface area contributed by atoms with E-state index < -0.39 is 0 Å². The summed E-state index contributed by atoms with van der Waals surface area (Å²) in [6.07, 6.45) is 3.82. The number of nitrogens with two attached hydrogens (primary N) is 1. The third-order valence-corrected chi connectivity index (χ3v) is 1.47. The van der Waals surface area contributed by atoms with Crippen LogP contribution in [0.15, 0.2) is 12.4 Å². The molecular formula is C8H15N3. The van der Waals surface area contributed by atoms with Gasteiger partial charge in [-0.05, 0) is 5.92 Å². The summed E-state index contributed by atoms with van der Waals surface area (Å²) in [4.78, 5) is 0. The highest BCUT2D eigenvalue weighted by molar-refractivity contribution is 5.02. The second kappa shape index (κ2) is 3.53. The Morgan fingerprint density at radius 1 is 1.64 bits per heavy atom. The Hall–Kier alpha value is -0.830. The van der Waals surface area contributed by atoms with Crippen molar-refractivity contribution < 1.29 is 0 Å². The first kappa shape index (κ1) is 8.27. The number of hydrogen-bond donors (Lipinski definition) is 1. The van der Waals surface area contributed by atoms with Gasteiger partial charge in [-0.3, -0.25) is 4.68 Å². The average molecular weight is 153 g/mol.